The average Bonchev–Trinajstić information content (AvgIpc) is 2.74. The molecule has 0 saturated carbocycles. The highest BCUT2D eigenvalue weighted by molar-refractivity contribution is 6.13. The fraction of sp³-hybridized carbons (Fsp3) is 0. The lowest BCUT2D eigenvalue weighted by molar-refractivity contribution is 0.102. The molecular weight excluding hydrogens is 350 g/mol. The number of carbonyl (C=O) groups is 2. The number of nitrogens with zero attached hydrogens (tertiary/aromatic N) is 1. The molecule has 3 aromatic carbocycles. The first kappa shape index (κ1) is 17.4. The molecule has 1 heterocycles. The number of benzene rings is 3. The molecule has 0 aliphatic carbocycles. The molecule has 0 bridgehead atoms. The molecule has 4 rings (SSSR count). The Bertz CT molecular complexity index is 1150. The van der Waals surface area contributed by atoms with Gasteiger partial charge in [-0.1, -0.05) is 42.5 Å². The van der Waals surface area contributed by atoms with Crippen molar-refractivity contribution < 1.29 is 9.59 Å². The van der Waals surface area contributed by atoms with Crippen molar-refractivity contribution in [3.05, 3.63) is 102 Å². The maximum absolute atomic E-state index is 12.8. The first-order valence-corrected chi connectivity index (χ1v) is 8.81. The average molecular weight is 367 g/mol. The Kier molecular flexibility index (Phi) is 4.80. The van der Waals surface area contributed by atoms with E-state index in [2.05, 4.69) is 15.6 Å². The van der Waals surface area contributed by atoms with Crippen molar-refractivity contribution in [2.24, 2.45) is 0 Å². The summed E-state index contributed by atoms with van der Waals surface area (Å²) < 4.78 is 0. The van der Waals surface area contributed by atoms with Crippen LogP contribution in [-0.2, 0) is 0 Å². The van der Waals surface area contributed by atoms with Gasteiger partial charge in [-0.2, -0.15) is 0 Å². The maximum Gasteiger partial charge on any atom is 0.257 e. The van der Waals surface area contributed by atoms with Crippen LogP contribution in [-0.4, -0.2) is 16.8 Å². The van der Waals surface area contributed by atoms with Gasteiger partial charge in [0.15, 0.2) is 0 Å². The number of rotatable bonds is 4. The van der Waals surface area contributed by atoms with Gasteiger partial charge in [0.1, 0.15) is 0 Å². The molecule has 0 spiro atoms. The molecule has 2 amide bonds. The minimum absolute atomic E-state index is 0.201. The Balaban J connectivity index is 1.53. The van der Waals surface area contributed by atoms with E-state index < -0.39 is 0 Å². The van der Waals surface area contributed by atoms with Gasteiger partial charge >= 0.3 is 0 Å². The molecule has 28 heavy (non-hydrogen) atoms. The first-order chi connectivity index (χ1) is 13.7. The summed E-state index contributed by atoms with van der Waals surface area (Å²) in [5.41, 5.74) is 2.25. The number of aromatic nitrogens is 1. The molecule has 0 atom stereocenters. The van der Waals surface area contributed by atoms with Crippen molar-refractivity contribution in [2.45, 2.75) is 0 Å². The number of amides is 2. The quantitative estimate of drug-likeness (QED) is 0.547. The molecule has 1 aromatic heterocycles. The minimum Gasteiger partial charge on any atom is -0.322 e. The van der Waals surface area contributed by atoms with Gasteiger partial charge in [0.25, 0.3) is 11.8 Å². The minimum atomic E-state index is -0.259. The zero-order valence-corrected chi connectivity index (χ0v) is 14.9. The summed E-state index contributed by atoms with van der Waals surface area (Å²) in [5.74, 6) is -0.460. The van der Waals surface area contributed by atoms with E-state index in [1.807, 2.05) is 36.4 Å². The van der Waals surface area contributed by atoms with Gasteiger partial charge in [0.2, 0.25) is 0 Å². The van der Waals surface area contributed by atoms with E-state index in [-0.39, 0.29) is 11.8 Å². The van der Waals surface area contributed by atoms with Crippen LogP contribution >= 0.6 is 0 Å². The lowest BCUT2D eigenvalue weighted by Crippen LogP contribution is -2.14. The third kappa shape index (κ3) is 3.73. The molecule has 0 aliphatic heterocycles. The number of anilines is 2. The predicted molar refractivity (Wildman–Crippen MR) is 111 cm³/mol. The Morgan fingerprint density at radius 3 is 2.21 bits per heavy atom. The molecule has 0 aliphatic rings. The molecule has 5 nitrogen and oxygen atoms in total. The predicted octanol–water partition coefficient (Wildman–Crippen LogP) is 4.74. The summed E-state index contributed by atoms with van der Waals surface area (Å²) in [4.78, 5) is 29.0. The highest BCUT2D eigenvalue weighted by Crippen LogP contribution is 2.21. The van der Waals surface area contributed by atoms with Crippen LogP contribution < -0.4 is 10.6 Å². The van der Waals surface area contributed by atoms with Crippen LogP contribution in [0.15, 0.2) is 91.3 Å². The largest absolute Gasteiger partial charge is 0.322 e. The van der Waals surface area contributed by atoms with Crippen molar-refractivity contribution in [3.63, 3.8) is 0 Å². The number of carbonyl (C=O) groups excluding carboxylic acids is 2. The Hall–Kier alpha value is -3.99. The van der Waals surface area contributed by atoms with Crippen molar-refractivity contribution in [2.75, 3.05) is 10.6 Å². The highest BCUT2D eigenvalue weighted by atomic mass is 16.2. The number of hydrogen-bond acceptors (Lipinski definition) is 3. The number of nitrogens with one attached hydrogen (secondary N) is 2. The second-order valence-corrected chi connectivity index (χ2v) is 6.26. The Labute approximate surface area is 162 Å². The second kappa shape index (κ2) is 7.72. The molecule has 136 valence electrons. The van der Waals surface area contributed by atoms with Crippen LogP contribution in [0.25, 0.3) is 10.8 Å². The van der Waals surface area contributed by atoms with Crippen molar-refractivity contribution in [3.8, 4) is 0 Å². The lowest BCUT2D eigenvalue weighted by Gasteiger charge is -2.10. The van der Waals surface area contributed by atoms with Gasteiger partial charge in [0, 0.05) is 29.3 Å². The highest BCUT2D eigenvalue weighted by Gasteiger charge is 2.11. The van der Waals surface area contributed by atoms with E-state index in [0.29, 0.717) is 22.5 Å². The van der Waals surface area contributed by atoms with Crippen LogP contribution in [0.5, 0.6) is 0 Å². The summed E-state index contributed by atoms with van der Waals surface area (Å²) in [7, 11) is 0. The van der Waals surface area contributed by atoms with Crippen LogP contribution in [0, 0.1) is 0 Å². The Morgan fingerprint density at radius 1 is 0.714 bits per heavy atom. The fourth-order valence-corrected chi connectivity index (χ4v) is 3.00. The smallest absolute Gasteiger partial charge is 0.257 e. The molecule has 0 radical (unpaired) electrons. The maximum atomic E-state index is 12.8. The standard InChI is InChI=1S/C23H17N3O2/c27-22(17-8-5-13-24-15-17)25-18-9-4-10-19(14-18)26-23(28)21-12-3-7-16-6-1-2-11-20(16)21/h1-15H,(H,25,27)(H,26,28). The van der Waals surface area contributed by atoms with Crippen molar-refractivity contribution in [1.29, 1.82) is 0 Å². The number of pyridine rings is 1. The molecule has 0 unspecified atom stereocenters. The zero-order chi connectivity index (χ0) is 19.3. The lowest BCUT2D eigenvalue weighted by atomic mass is 10.0. The first-order valence-electron chi connectivity index (χ1n) is 8.81. The molecule has 0 saturated heterocycles. The van der Waals surface area contributed by atoms with Crippen molar-refractivity contribution in [1.82, 2.24) is 4.98 Å². The summed E-state index contributed by atoms with van der Waals surface area (Å²) in [6.45, 7) is 0. The summed E-state index contributed by atoms with van der Waals surface area (Å²) in [5, 5.41) is 7.61. The topological polar surface area (TPSA) is 71.1 Å². The van der Waals surface area contributed by atoms with E-state index in [1.54, 1.807) is 48.7 Å². The second-order valence-electron chi connectivity index (χ2n) is 6.26. The fourth-order valence-electron chi connectivity index (χ4n) is 3.00. The summed E-state index contributed by atoms with van der Waals surface area (Å²) in [6.07, 6.45) is 3.11. The third-order valence-electron chi connectivity index (χ3n) is 4.34. The molecular formula is C23H17N3O2. The SMILES string of the molecule is O=C(Nc1cccc(NC(=O)c2cccc3ccccc23)c1)c1cccnc1. The molecule has 4 aromatic rings. The normalized spacial score (nSPS) is 10.4. The van der Waals surface area contributed by atoms with Crippen LogP contribution in [0.4, 0.5) is 11.4 Å². The molecule has 0 fully saturated rings. The zero-order valence-electron chi connectivity index (χ0n) is 14.9. The van der Waals surface area contributed by atoms with E-state index in [9.17, 15) is 9.59 Å². The number of hydrogen-bond donors (Lipinski definition) is 2. The molecule has 5 heteroatoms. The summed E-state index contributed by atoms with van der Waals surface area (Å²) >= 11 is 0. The Morgan fingerprint density at radius 2 is 1.43 bits per heavy atom. The van der Waals surface area contributed by atoms with Crippen molar-refractivity contribution >= 4 is 34.0 Å². The van der Waals surface area contributed by atoms with Gasteiger partial charge in [0.05, 0.1) is 5.56 Å². The van der Waals surface area contributed by atoms with E-state index in [1.165, 1.54) is 6.20 Å². The van der Waals surface area contributed by atoms with E-state index >= 15 is 0 Å². The number of fused-ring (bicyclic) bond motifs is 1. The van der Waals surface area contributed by atoms with Gasteiger partial charge < -0.3 is 10.6 Å². The van der Waals surface area contributed by atoms with Gasteiger partial charge in [-0.25, -0.2) is 0 Å². The van der Waals surface area contributed by atoms with Gasteiger partial charge in [-0.3, -0.25) is 14.6 Å². The molecule has 2 N–H and O–H groups in total. The van der Waals surface area contributed by atoms with Gasteiger partial charge in [-0.15, -0.1) is 0 Å². The van der Waals surface area contributed by atoms with Crippen LogP contribution in [0.2, 0.25) is 0 Å². The third-order valence-corrected chi connectivity index (χ3v) is 4.34. The van der Waals surface area contributed by atoms with E-state index in [4.69, 9.17) is 0 Å². The van der Waals surface area contributed by atoms with Gasteiger partial charge in [-0.05, 0) is 47.2 Å². The summed E-state index contributed by atoms with van der Waals surface area (Å²) in [6, 6.07) is 23.8. The van der Waals surface area contributed by atoms with Crippen LogP contribution in [0.1, 0.15) is 20.7 Å². The van der Waals surface area contributed by atoms with E-state index in [0.717, 1.165) is 10.8 Å². The monoisotopic (exact) mass is 367 g/mol. The van der Waals surface area contributed by atoms with Crippen LogP contribution in [0.3, 0.4) is 0 Å².